The summed E-state index contributed by atoms with van der Waals surface area (Å²) in [5.41, 5.74) is 5.74. The highest BCUT2D eigenvalue weighted by Gasteiger charge is 2.48. The van der Waals surface area contributed by atoms with E-state index in [0.29, 0.717) is 5.82 Å². The first-order valence-electron chi connectivity index (χ1n) is 7.56. The molecule has 0 radical (unpaired) electrons. The quantitative estimate of drug-likeness (QED) is 0.764. The number of carboxylic acid groups (broad SMARTS) is 1. The summed E-state index contributed by atoms with van der Waals surface area (Å²) in [5.74, 6) is -0.684. The number of alkyl carbamates (subject to hydrolysis) is 1. The molecule has 0 spiro atoms. The Bertz CT molecular complexity index is 606. The number of pyridine rings is 1. The van der Waals surface area contributed by atoms with Gasteiger partial charge in [0.05, 0.1) is 0 Å². The van der Waals surface area contributed by atoms with Gasteiger partial charge in [0.15, 0.2) is 0 Å². The maximum atomic E-state index is 11.8. The molecule has 1 amide bonds. The van der Waals surface area contributed by atoms with E-state index in [0.717, 1.165) is 18.4 Å². The summed E-state index contributed by atoms with van der Waals surface area (Å²) in [7, 11) is 0. The van der Waals surface area contributed by atoms with E-state index in [1.807, 2.05) is 6.07 Å². The van der Waals surface area contributed by atoms with Crippen LogP contribution in [0.4, 0.5) is 10.6 Å². The van der Waals surface area contributed by atoms with E-state index >= 15 is 0 Å². The fraction of sp³-hybridized carbons (Fsp3) is 0.562. The molecule has 7 nitrogen and oxygen atoms in total. The van der Waals surface area contributed by atoms with Crippen LogP contribution in [0.15, 0.2) is 18.3 Å². The van der Waals surface area contributed by atoms with Gasteiger partial charge in [-0.05, 0) is 46.1 Å². The van der Waals surface area contributed by atoms with Crippen molar-refractivity contribution in [3.63, 3.8) is 0 Å². The van der Waals surface area contributed by atoms with E-state index in [9.17, 15) is 14.7 Å². The molecule has 1 aliphatic carbocycles. The number of aromatic nitrogens is 1. The Labute approximate surface area is 135 Å². The van der Waals surface area contributed by atoms with E-state index in [4.69, 9.17) is 10.5 Å². The molecule has 0 bridgehead atoms. The molecule has 1 atom stereocenters. The van der Waals surface area contributed by atoms with Gasteiger partial charge in [0.25, 0.3) is 0 Å². The molecule has 126 valence electrons. The van der Waals surface area contributed by atoms with Crippen molar-refractivity contribution < 1.29 is 19.4 Å². The van der Waals surface area contributed by atoms with Gasteiger partial charge in [-0.15, -0.1) is 0 Å². The standard InChI is InChI=1S/C16H23N3O4/c1-15(2,3)23-14(22)19-11(13(20)21)9-16(6-7-16)10-5-4-8-18-12(10)17/h4-5,8,11H,6-7,9H2,1-3H3,(H2,17,18)(H,19,22)(H,20,21). The van der Waals surface area contributed by atoms with Crippen LogP contribution in [-0.2, 0) is 14.9 Å². The van der Waals surface area contributed by atoms with Gasteiger partial charge in [-0.1, -0.05) is 6.07 Å². The molecular weight excluding hydrogens is 298 g/mol. The lowest BCUT2D eigenvalue weighted by Crippen LogP contribution is -2.45. The number of hydrogen-bond acceptors (Lipinski definition) is 5. The van der Waals surface area contributed by atoms with Gasteiger partial charge >= 0.3 is 12.1 Å². The summed E-state index contributed by atoms with van der Waals surface area (Å²) in [6.45, 7) is 5.17. The second kappa shape index (κ2) is 6.06. The third-order valence-electron chi connectivity index (χ3n) is 3.85. The maximum absolute atomic E-state index is 11.8. The van der Waals surface area contributed by atoms with Crippen molar-refractivity contribution in [2.24, 2.45) is 0 Å². The minimum absolute atomic E-state index is 0.261. The Morgan fingerprint density at radius 1 is 1.48 bits per heavy atom. The molecule has 1 aliphatic rings. The number of nitrogens with two attached hydrogens (primary N) is 1. The molecule has 1 unspecified atom stereocenters. The minimum atomic E-state index is -1.09. The number of rotatable bonds is 5. The second-order valence-corrected chi connectivity index (χ2v) is 6.96. The van der Waals surface area contributed by atoms with Crippen molar-refractivity contribution in [2.45, 2.75) is 57.1 Å². The SMILES string of the molecule is CC(C)(C)OC(=O)NC(CC1(c2cccnc2N)CC1)C(=O)O. The highest BCUT2D eigenvalue weighted by Crippen LogP contribution is 2.53. The van der Waals surface area contributed by atoms with Gasteiger partial charge in [-0.3, -0.25) is 0 Å². The molecular formula is C16H23N3O4. The Balaban J connectivity index is 2.10. The van der Waals surface area contributed by atoms with E-state index in [1.165, 1.54) is 0 Å². The summed E-state index contributed by atoms with van der Waals surface area (Å²) < 4.78 is 5.13. The highest BCUT2D eigenvalue weighted by atomic mass is 16.6. The van der Waals surface area contributed by atoms with E-state index < -0.39 is 23.7 Å². The van der Waals surface area contributed by atoms with Gasteiger partial charge in [-0.2, -0.15) is 0 Å². The van der Waals surface area contributed by atoms with Gasteiger partial charge in [-0.25, -0.2) is 14.6 Å². The summed E-state index contributed by atoms with van der Waals surface area (Å²) in [4.78, 5) is 27.4. The number of hydrogen-bond donors (Lipinski definition) is 3. The molecule has 1 aromatic heterocycles. The van der Waals surface area contributed by atoms with Gasteiger partial charge < -0.3 is 20.9 Å². The molecule has 0 aliphatic heterocycles. The van der Waals surface area contributed by atoms with Crippen LogP contribution in [0.3, 0.4) is 0 Å². The number of nitrogens with zero attached hydrogens (tertiary/aromatic N) is 1. The molecule has 1 aromatic rings. The highest BCUT2D eigenvalue weighted by molar-refractivity contribution is 5.80. The lowest BCUT2D eigenvalue weighted by molar-refractivity contribution is -0.139. The zero-order valence-corrected chi connectivity index (χ0v) is 13.6. The van der Waals surface area contributed by atoms with Crippen molar-refractivity contribution >= 4 is 17.9 Å². The average Bonchev–Trinajstić information content (AvgIpc) is 3.17. The van der Waals surface area contributed by atoms with Crippen LogP contribution in [0.25, 0.3) is 0 Å². The first kappa shape index (κ1) is 17.1. The van der Waals surface area contributed by atoms with Crippen molar-refractivity contribution in [2.75, 3.05) is 5.73 Å². The predicted molar refractivity (Wildman–Crippen MR) is 85.0 cm³/mol. The number of anilines is 1. The van der Waals surface area contributed by atoms with Gasteiger partial charge in [0.1, 0.15) is 17.5 Å². The van der Waals surface area contributed by atoms with Gasteiger partial charge in [0.2, 0.25) is 0 Å². The molecule has 1 saturated carbocycles. The number of carbonyl (C=O) groups excluding carboxylic acids is 1. The number of aliphatic carboxylic acids is 1. The van der Waals surface area contributed by atoms with Crippen molar-refractivity contribution in [1.29, 1.82) is 0 Å². The van der Waals surface area contributed by atoms with E-state index in [2.05, 4.69) is 10.3 Å². The lowest BCUT2D eigenvalue weighted by atomic mass is 9.89. The number of carbonyl (C=O) groups is 2. The van der Waals surface area contributed by atoms with Crippen LogP contribution in [0, 0.1) is 0 Å². The number of nitrogens with one attached hydrogen (secondary N) is 1. The van der Waals surface area contributed by atoms with Crippen molar-refractivity contribution in [1.82, 2.24) is 10.3 Å². The van der Waals surface area contributed by atoms with Crippen LogP contribution in [0.2, 0.25) is 0 Å². The monoisotopic (exact) mass is 321 g/mol. The lowest BCUT2D eigenvalue weighted by Gasteiger charge is -2.25. The summed E-state index contributed by atoms with van der Waals surface area (Å²) in [6, 6.07) is 2.61. The summed E-state index contributed by atoms with van der Waals surface area (Å²) in [5, 5.41) is 11.8. The van der Waals surface area contributed by atoms with Crippen LogP contribution < -0.4 is 11.1 Å². The first-order valence-corrected chi connectivity index (χ1v) is 7.56. The summed E-state index contributed by atoms with van der Waals surface area (Å²) >= 11 is 0. The maximum Gasteiger partial charge on any atom is 0.408 e. The Morgan fingerprint density at radius 2 is 2.13 bits per heavy atom. The molecule has 4 N–H and O–H groups in total. The molecule has 2 rings (SSSR count). The third kappa shape index (κ3) is 4.34. The number of amides is 1. The van der Waals surface area contributed by atoms with Gasteiger partial charge in [0, 0.05) is 17.2 Å². The number of nitrogen functional groups attached to an aromatic ring is 1. The molecule has 1 fully saturated rings. The smallest absolute Gasteiger partial charge is 0.408 e. The Hall–Kier alpha value is -2.31. The number of carboxylic acids is 1. The average molecular weight is 321 g/mol. The number of ether oxygens (including phenoxy) is 1. The zero-order valence-electron chi connectivity index (χ0n) is 13.6. The third-order valence-corrected chi connectivity index (χ3v) is 3.85. The Morgan fingerprint density at radius 3 is 2.61 bits per heavy atom. The minimum Gasteiger partial charge on any atom is -0.480 e. The molecule has 1 heterocycles. The fourth-order valence-electron chi connectivity index (χ4n) is 2.64. The van der Waals surface area contributed by atoms with Crippen molar-refractivity contribution in [3.8, 4) is 0 Å². The normalized spacial score (nSPS) is 17.2. The molecule has 0 saturated heterocycles. The van der Waals surface area contributed by atoms with Crippen LogP contribution in [0.1, 0.15) is 45.6 Å². The summed E-state index contributed by atoms with van der Waals surface area (Å²) in [6.07, 6.45) is 2.77. The van der Waals surface area contributed by atoms with Crippen LogP contribution >= 0.6 is 0 Å². The molecule has 7 heteroatoms. The van der Waals surface area contributed by atoms with E-state index in [1.54, 1.807) is 33.0 Å². The van der Waals surface area contributed by atoms with Crippen molar-refractivity contribution in [3.05, 3.63) is 23.9 Å². The zero-order chi connectivity index (χ0) is 17.3. The largest absolute Gasteiger partial charge is 0.480 e. The van der Waals surface area contributed by atoms with Crippen LogP contribution in [-0.4, -0.2) is 33.8 Å². The molecule has 23 heavy (non-hydrogen) atoms. The van der Waals surface area contributed by atoms with Crippen LogP contribution in [0.5, 0.6) is 0 Å². The van der Waals surface area contributed by atoms with E-state index in [-0.39, 0.29) is 11.8 Å². The predicted octanol–water partition coefficient (Wildman–Crippen LogP) is 2.06. The topological polar surface area (TPSA) is 115 Å². The fourth-order valence-corrected chi connectivity index (χ4v) is 2.64. The first-order chi connectivity index (χ1) is 10.6. The Kier molecular flexibility index (Phi) is 4.49. The second-order valence-electron chi connectivity index (χ2n) is 6.96. The molecule has 0 aromatic carbocycles.